The second-order valence-corrected chi connectivity index (χ2v) is 5.89. The Morgan fingerprint density at radius 1 is 0.958 bits per heavy atom. The van der Waals surface area contributed by atoms with Crippen molar-refractivity contribution in [2.24, 2.45) is 0 Å². The Kier molecular flexibility index (Phi) is 4.42. The van der Waals surface area contributed by atoms with Crippen LogP contribution in [0.2, 0.25) is 0 Å². The van der Waals surface area contributed by atoms with Crippen molar-refractivity contribution in [2.75, 3.05) is 5.32 Å². The summed E-state index contributed by atoms with van der Waals surface area (Å²) >= 11 is 0. The molecule has 2 amide bonds. The summed E-state index contributed by atoms with van der Waals surface area (Å²) in [6.07, 6.45) is 0. The van der Waals surface area contributed by atoms with Gasteiger partial charge in [0.2, 0.25) is 0 Å². The second kappa shape index (κ2) is 6.66. The molecule has 0 bridgehead atoms. The average Bonchev–Trinajstić information content (AvgIpc) is 2.54. The Hall–Kier alpha value is -2.95. The van der Waals surface area contributed by atoms with E-state index in [1.54, 1.807) is 0 Å². The molecular weight excluding hydrogens is 300 g/mol. The SMILES string of the molecule is Cc1cccc(CNC(=O)Nc2ccc3nc(C)c(C)nc3c2)c1. The van der Waals surface area contributed by atoms with Gasteiger partial charge in [0.1, 0.15) is 0 Å². The summed E-state index contributed by atoms with van der Waals surface area (Å²) in [7, 11) is 0. The van der Waals surface area contributed by atoms with Crippen molar-refractivity contribution < 1.29 is 4.79 Å². The lowest BCUT2D eigenvalue weighted by molar-refractivity contribution is 0.251. The molecule has 122 valence electrons. The van der Waals surface area contributed by atoms with Gasteiger partial charge in [-0.15, -0.1) is 0 Å². The van der Waals surface area contributed by atoms with E-state index in [0.29, 0.717) is 12.2 Å². The normalized spacial score (nSPS) is 10.6. The monoisotopic (exact) mass is 320 g/mol. The molecule has 2 N–H and O–H groups in total. The molecule has 0 aliphatic carbocycles. The van der Waals surface area contributed by atoms with E-state index in [9.17, 15) is 4.79 Å². The van der Waals surface area contributed by atoms with Crippen molar-refractivity contribution in [3.05, 3.63) is 65.0 Å². The highest BCUT2D eigenvalue weighted by Gasteiger charge is 2.06. The molecule has 0 saturated heterocycles. The van der Waals surface area contributed by atoms with E-state index in [0.717, 1.165) is 28.0 Å². The number of urea groups is 1. The molecular formula is C19H20N4O. The number of anilines is 1. The summed E-state index contributed by atoms with van der Waals surface area (Å²) in [6, 6.07) is 13.3. The molecule has 1 heterocycles. The fourth-order valence-corrected chi connectivity index (χ4v) is 2.49. The molecule has 0 atom stereocenters. The first-order valence-electron chi connectivity index (χ1n) is 7.87. The van der Waals surface area contributed by atoms with Crippen molar-refractivity contribution in [3.63, 3.8) is 0 Å². The number of fused-ring (bicyclic) bond motifs is 1. The first kappa shape index (κ1) is 15.9. The van der Waals surface area contributed by atoms with Gasteiger partial charge in [0.05, 0.1) is 22.4 Å². The van der Waals surface area contributed by atoms with Crippen molar-refractivity contribution >= 4 is 22.8 Å². The van der Waals surface area contributed by atoms with E-state index in [1.165, 1.54) is 5.56 Å². The van der Waals surface area contributed by atoms with Crippen molar-refractivity contribution in [1.29, 1.82) is 0 Å². The molecule has 3 aromatic rings. The Morgan fingerprint density at radius 2 is 1.71 bits per heavy atom. The van der Waals surface area contributed by atoms with Gasteiger partial charge in [0.15, 0.2) is 0 Å². The fourth-order valence-electron chi connectivity index (χ4n) is 2.49. The lowest BCUT2D eigenvalue weighted by atomic mass is 10.1. The first-order chi connectivity index (χ1) is 11.5. The van der Waals surface area contributed by atoms with Gasteiger partial charge in [-0.05, 0) is 44.5 Å². The molecule has 3 rings (SSSR count). The second-order valence-electron chi connectivity index (χ2n) is 5.89. The first-order valence-corrected chi connectivity index (χ1v) is 7.87. The standard InChI is InChI=1S/C19H20N4O/c1-12-5-4-6-15(9-12)11-20-19(24)23-16-7-8-17-18(10-16)22-14(3)13(2)21-17/h4-10H,11H2,1-3H3,(H2,20,23,24). The highest BCUT2D eigenvalue weighted by molar-refractivity contribution is 5.91. The Bertz CT molecular complexity index is 905. The van der Waals surface area contributed by atoms with Crippen LogP contribution >= 0.6 is 0 Å². The summed E-state index contributed by atoms with van der Waals surface area (Å²) in [5, 5.41) is 5.69. The number of hydrogen-bond acceptors (Lipinski definition) is 3. The Labute approximate surface area is 141 Å². The van der Waals surface area contributed by atoms with E-state index in [4.69, 9.17) is 0 Å². The van der Waals surface area contributed by atoms with Crippen LogP contribution < -0.4 is 10.6 Å². The molecule has 1 aromatic heterocycles. The molecule has 24 heavy (non-hydrogen) atoms. The number of nitrogens with zero attached hydrogens (tertiary/aromatic N) is 2. The third-order valence-electron chi connectivity index (χ3n) is 3.87. The van der Waals surface area contributed by atoms with Crippen LogP contribution in [0.25, 0.3) is 11.0 Å². The van der Waals surface area contributed by atoms with Gasteiger partial charge in [0.25, 0.3) is 0 Å². The van der Waals surface area contributed by atoms with E-state index >= 15 is 0 Å². The number of carbonyl (C=O) groups excluding carboxylic acids is 1. The summed E-state index contributed by atoms with van der Waals surface area (Å²) < 4.78 is 0. The zero-order valence-electron chi connectivity index (χ0n) is 14.1. The molecule has 0 radical (unpaired) electrons. The number of aromatic nitrogens is 2. The predicted molar refractivity (Wildman–Crippen MR) is 96.0 cm³/mol. The maximum Gasteiger partial charge on any atom is 0.319 e. The summed E-state index contributed by atoms with van der Waals surface area (Å²) in [4.78, 5) is 21.1. The van der Waals surface area contributed by atoms with Crippen LogP contribution in [0.4, 0.5) is 10.5 Å². The van der Waals surface area contributed by atoms with Crippen molar-refractivity contribution in [3.8, 4) is 0 Å². The lowest BCUT2D eigenvalue weighted by Gasteiger charge is -2.09. The molecule has 2 aromatic carbocycles. The molecule has 0 unspecified atom stereocenters. The van der Waals surface area contributed by atoms with Gasteiger partial charge < -0.3 is 10.6 Å². The summed E-state index contributed by atoms with van der Waals surface area (Å²) in [5.74, 6) is 0. The van der Waals surface area contributed by atoms with E-state index < -0.39 is 0 Å². The van der Waals surface area contributed by atoms with Crippen LogP contribution in [0.3, 0.4) is 0 Å². The quantitative estimate of drug-likeness (QED) is 0.769. The zero-order chi connectivity index (χ0) is 17.1. The number of aryl methyl sites for hydroxylation is 3. The van der Waals surface area contributed by atoms with E-state index in [-0.39, 0.29) is 6.03 Å². The minimum atomic E-state index is -0.243. The topological polar surface area (TPSA) is 66.9 Å². The Balaban J connectivity index is 1.67. The number of amides is 2. The molecule has 0 aliphatic heterocycles. The van der Waals surface area contributed by atoms with Gasteiger partial charge in [-0.3, -0.25) is 0 Å². The number of rotatable bonds is 3. The number of carbonyl (C=O) groups is 1. The van der Waals surface area contributed by atoms with Gasteiger partial charge in [0, 0.05) is 12.2 Å². The highest BCUT2D eigenvalue weighted by Crippen LogP contribution is 2.17. The van der Waals surface area contributed by atoms with Crippen LogP contribution in [0, 0.1) is 20.8 Å². The third kappa shape index (κ3) is 3.68. The van der Waals surface area contributed by atoms with Gasteiger partial charge in [-0.25, -0.2) is 14.8 Å². The molecule has 0 fully saturated rings. The van der Waals surface area contributed by atoms with Crippen molar-refractivity contribution in [2.45, 2.75) is 27.3 Å². The predicted octanol–water partition coefficient (Wildman–Crippen LogP) is 3.88. The van der Waals surface area contributed by atoms with Gasteiger partial charge in [-0.1, -0.05) is 29.8 Å². The average molecular weight is 320 g/mol. The zero-order valence-corrected chi connectivity index (χ0v) is 14.1. The third-order valence-corrected chi connectivity index (χ3v) is 3.87. The van der Waals surface area contributed by atoms with Crippen LogP contribution in [0.15, 0.2) is 42.5 Å². The molecule has 0 spiro atoms. The van der Waals surface area contributed by atoms with Crippen LogP contribution in [-0.4, -0.2) is 16.0 Å². The van der Waals surface area contributed by atoms with E-state index in [2.05, 4.69) is 26.7 Å². The highest BCUT2D eigenvalue weighted by atomic mass is 16.2. The molecule has 5 heteroatoms. The summed E-state index contributed by atoms with van der Waals surface area (Å²) in [5.41, 5.74) is 6.34. The van der Waals surface area contributed by atoms with Gasteiger partial charge in [-0.2, -0.15) is 0 Å². The number of hydrogen-bond donors (Lipinski definition) is 2. The number of nitrogens with one attached hydrogen (secondary N) is 2. The molecule has 5 nitrogen and oxygen atoms in total. The maximum atomic E-state index is 12.1. The molecule has 0 aliphatic rings. The van der Waals surface area contributed by atoms with Crippen LogP contribution in [0.1, 0.15) is 22.5 Å². The largest absolute Gasteiger partial charge is 0.334 e. The minimum absolute atomic E-state index is 0.243. The van der Waals surface area contributed by atoms with Crippen LogP contribution in [-0.2, 0) is 6.54 Å². The summed E-state index contributed by atoms with van der Waals surface area (Å²) in [6.45, 7) is 6.38. The lowest BCUT2D eigenvalue weighted by Crippen LogP contribution is -2.28. The van der Waals surface area contributed by atoms with Gasteiger partial charge >= 0.3 is 6.03 Å². The smallest absolute Gasteiger partial charge is 0.319 e. The maximum absolute atomic E-state index is 12.1. The molecule has 0 saturated carbocycles. The number of benzene rings is 2. The van der Waals surface area contributed by atoms with Crippen molar-refractivity contribution in [1.82, 2.24) is 15.3 Å². The van der Waals surface area contributed by atoms with Crippen LogP contribution in [0.5, 0.6) is 0 Å². The van der Waals surface area contributed by atoms with E-state index in [1.807, 2.05) is 57.2 Å². The fraction of sp³-hybridized carbons (Fsp3) is 0.211. The Morgan fingerprint density at radius 3 is 2.46 bits per heavy atom. The minimum Gasteiger partial charge on any atom is -0.334 e.